The molecular formula is C21H30IN3O3. The summed E-state index contributed by atoms with van der Waals surface area (Å²) in [6.07, 6.45) is 1.01. The standard InChI is InChI=1S/C21H29N3O3.HI/c1-6-16-9-7-8-10-17(16)14-24-21(22-2)23-13-15-11-18(25-3)20(27-5)19(12-15)26-4;/h7-12H,6,13-14H2,1-5H3,(H2,22,23,24);1H. The lowest BCUT2D eigenvalue weighted by atomic mass is 10.1. The number of ether oxygens (including phenoxy) is 3. The fourth-order valence-corrected chi connectivity index (χ4v) is 2.90. The molecule has 2 rings (SSSR count). The van der Waals surface area contributed by atoms with Crippen LogP contribution in [0.3, 0.4) is 0 Å². The van der Waals surface area contributed by atoms with Gasteiger partial charge in [-0.3, -0.25) is 4.99 Å². The molecule has 2 aromatic rings. The zero-order valence-electron chi connectivity index (χ0n) is 17.2. The van der Waals surface area contributed by atoms with E-state index in [0.717, 1.165) is 24.5 Å². The first kappa shape index (κ1) is 23.9. The summed E-state index contributed by atoms with van der Waals surface area (Å²) in [5, 5.41) is 6.68. The van der Waals surface area contributed by atoms with Gasteiger partial charge >= 0.3 is 0 Å². The van der Waals surface area contributed by atoms with E-state index in [4.69, 9.17) is 14.2 Å². The molecular weight excluding hydrogens is 469 g/mol. The quantitative estimate of drug-likeness (QED) is 0.329. The summed E-state index contributed by atoms with van der Waals surface area (Å²) in [7, 11) is 6.58. The van der Waals surface area contributed by atoms with Gasteiger partial charge in [-0.2, -0.15) is 0 Å². The number of nitrogens with one attached hydrogen (secondary N) is 2. The van der Waals surface area contributed by atoms with Gasteiger partial charge in [0.05, 0.1) is 21.3 Å². The number of hydrogen-bond donors (Lipinski definition) is 2. The van der Waals surface area contributed by atoms with Crippen LogP contribution in [0.5, 0.6) is 17.2 Å². The van der Waals surface area contributed by atoms with Crippen molar-refractivity contribution in [3.63, 3.8) is 0 Å². The van der Waals surface area contributed by atoms with E-state index in [1.807, 2.05) is 12.1 Å². The molecule has 2 aromatic carbocycles. The monoisotopic (exact) mass is 499 g/mol. The number of benzene rings is 2. The number of guanidine groups is 1. The second-order valence-electron chi connectivity index (χ2n) is 5.94. The number of hydrogen-bond acceptors (Lipinski definition) is 4. The molecule has 0 aliphatic carbocycles. The number of rotatable bonds is 8. The summed E-state index contributed by atoms with van der Waals surface area (Å²) in [4.78, 5) is 4.30. The van der Waals surface area contributed by atoms with E-state index in [1.54, 1.807) is 28.4 Å². The minimum atomic E-state index is 0. The van der Waals surface area contributed by atoms with Crippen LogP contribution in [0.1, 0.15) is 23.6 Å². The summed E-state index contributed by atoms with van der Waals surface area (Å²) >= 11 is 0. The summed E-state index contributed by atoms with van der Waals surface area (Å²) in [5.41, 5.74) is 3.61. The van der Waals surface area contributed by atoms with Crippen molar-refractivity contribution in [2.45, 2.75) is 26.4 Å². The maximum absolute atomic E-state index is 5.40. The molecule has 0 aromatic heterocycles. The van der Waals surface area contributed by atoms with Gasteiger partial charge in [0.15, 0.2) is 17.5 Å². The van der Waals surface area contributed by atoms with Crippen LogP contribution in [0.15, 0.2) is 41.4 Å². The van der Waals surface area contributed by atoms with E-state index >= 15 is 0 Å². The molecule has 7 heteroatoms. The van der Waals surface area contributed by atoms with E-state index in [9.17, 15) is 0 Å². The molecule has 0 bridgehead atoms. The highest BCUT2D eigenvalue weighted by Gasteiger charge is 2.13. The Morgan fingerprint density at radius 1 is 0.893 bits per heavy atom. The lowest BCUT2D eigenvalue weighted by Crippen LogP contribution is -2.36. The van der Waals surface area contributed by atoms with Crippen LogP contribution in [0.25, 0.3) is 0 Å². The Labute approximate surface area is 184 Å². The maximum atomic E-state index is 5.40. The number of aryl methyl sites for hydroxylation is 1. The molecule has 0 fully saturated rings. The topological polar surface area (TPSA) is 64.1 Å². The molecule has 0 heterocycles. The summed E-state index contributed by atoms with van der Waals surface area (Å²) < 4.78 is 16.2. The van der Waals surface area contributed by atoms with E-state index in [1.165, 1.54) is 11.1 Å². The SMILES string of the molecule is CCc1ccccc1CNC(=NC)NCc1cc(OC)c(OC)c(OC)c1.I. The Kier molecular flexibility index (Phi) is 10.5. The lowest BCUT2D eigenvalue weighted by Gasteiger charge is -2.16. The minimum absolute atomic E-state index is 0. The van der Waals surface area contributed by atoms with Gasteiger partial charge in [-0.15, -0.1) is 24.0 Å². The van der Waals surface area contributed by atoms with Crippen molar-refractivity contribution >= 4 is 29.9 Å². The summed E-state index contributed by atoms with van der Waals surface area (Å²) in [5.74, 6) is 2.58. The highest BCUT2D eigenvalue weighted by Crippen LogP contribution is 2.38. The average molecular weight is 499 g/mol. The molecule has 2 N–H and O–H groups in total. The first-order chi connectivity index (χ1) is 13.2. The van der Waals surface area contributed by atoms with Crippen molar-refractivity contribution in [2.24, 2.45) is 4.99 Å². The van der Waals surface area contributed by atoms with Crippen molar-refractivity contribution in [1.29, 1.82) is 0 Å². The Morgan fingerprint density at radius 3 is 1.96 bits per heavy atom. The fourth-order valence-electron chi connectivity index (χ4n) is 2.90. The lowest BCUT2D eigenvalue weighted by molar-refractivity contribution is 0.323. The number of nitrogens with zero attached hydrogens (tertiary/aromatic N) is 1. The van der Waals surface area contributed by atoms with Gasteiger partial charge in [0.1, 0.15) is 0 Å². The van der Waals surface area contributed by atoms with Crippen molar-refractivity contribution in [3.8, 4) is 17.2 Å². The number of aliphatic imine (C=N–C) groups is 1. The number of methoxy groups -OCH3 is 3. The summed E-state index contributed by atoms with van der Waals surface area (Å²) in [6, 6.07) is 12.3. The molecule has 0 saturated heterocycles. The van der Waals surface area contributed by atoms with Gasteiger partial charge in [-0.1, -0.05) is 31.2 Å². The van der Waals surface area contributed by atoms with Crippen LogP contribution < -0.4 is 24.8 Å². The first-order valence-corrected chi connectivity index (χ1v) is 8.96. The Balaban J connectivity index is 0.00000392. The zero-order chi connectivity index (χ0) is 19.6. The molecule has 0 saturated carbocycles. The van der Waals surface area contributed by atoms with Crippen LogP contribution in [0, 0.1) is 0 Å². The normalized spacial score (nSPS) is 10.7. The molecule has 0 amide bonds. The van der Waals surface area contributed by atoms with E-state index in [2.05, 4.69) is 46.8 Å². The third-order valence-corrected chi connectivity index (χ3v) is 4.35. The second-order valence-corrected chi connectivity index (χ2v) is 5.94. The van der Waals surface area contributed by atoms with Gasteiger partial charge in [0.2, 0.25) is 5.75 Å². The van der Waals surface area contributed by atoms with Crippen LogP contribution in [-0.2, 0) is 19.5 Å². The summed E-state index contributed by atoms with van der Waals surface area (Å²) in [6.45, 7) is 3.46. The van der Waals surface area contributed by atoms with Gasteiger partial charge in [0.25, 0.3) is 0 Å². The van der Waals surface area contributed by atoms with Crippen molar-refractivity contribution in [1.82, 2.24) is 10.6 Å². The minimum Gasteiger partial charge on any atom is -0.493 e. The molecule has 0 atom stereocenters. The van der Waals surface area contributed by atoms with Crippen LogP contribution in [0.4, 0.5) is 0 Å². The third kappa shape index (κ3) is 6.19. The van der Waals surface area contributed by atoms with E-state index in [-0.39, 0.29) is 24.0 Å². The molecule has 0 unspecified atom stereocenters. The van der Waals surface area contributed by atoms with E-state index in [0.29, 0.717) is 23.8 Å². The predicted octanol–water partition coefficient (Wildman–Crippen LogP) is 3.76. The molecule has 0 aliphatic rings. The largest absolute Gasteiger partial charge is 0.493 e. The average Bonchev–Trinajstić information content (AvgIpc) is 2.73. The van der Waals surface area contributed by atoms with Gasteiger partial charge in [-0.05, 0) is 35.2 Å². The van der Waals surface area contributed by atoms with Gasteiger partial charge in [0, 0.05) is 20.1 Å². The molecule has 0 aliphatic heterocycles. The highest BCUT2D eigenvalue weighted by atomic mass is 127. The van der Waals surface area contributed by atoms with Crippen LogP contribution in [-0.4, -0.2) is 34.3 Å². The smallest absolute Gasteiger partial charge is 0.203 e. The fraction of sp³-hybridized carbons (Fsp3) is 0.381. The first-order valence-electron chi connectivity index (χ1n) is 8.96. The maximum Gasteiger partial charge on any atom is 0.203 e. The van der Waals surface area contributed by atoms with Gasteiger partial charge in [-0.25, -0.2) is 0 Å². The van der Waals surface area contributed by atoms with Crippen LogP contribution >= 0.6 is 24.0 Å². The third-order valence-electron chi connectivity index (χ3n) is 4.35. The van der Waals surface area contributed by atoms with Crippen molar-refractivity contribution in [2.75, 3.05) is 28.4 Å². The zero-order valence-corrected chi connectivity index (χ0v) is 19.5. The Bertz CT molecular complexity index is 756. The number of halogens is 1. The molecule has 28 heavy (non-hydrogen) atoms. The Morgan fingerprint density at radius 2 is 1.46 bits per heavy atom. The predicted molar refractivity (Wildman–Crippen MR) is 124 cm³/mol. The van der Waals surface area contributed by atoms with Crippen molar-refractivity contribution < 1.29 is 14.2 Å². The second kappa shape index (κ2) is 12.3. The van der Waals surface area contributed by atoms with Crippen molar-refractivity contribution in [3.05, 3.63) is 53.1 Å². The highest BCUT2D eigenvalue weighted by molar-refractivity contribution is 14.0. The molecule has 6 nitrogen and oxygen atoms in total. The Hall–Kier alpha value is -2.16. The van der Waals surface area contributed by atoms with Gasteiger partial charge < -0.3 is 24.8 Å². The molecule has 154 valence electrons. The van der Waals surface area contributed by atoms with E-state index < -0.39 is 0 Å². The molecule has 0 spiro atoms. The molecule has 0 radical (unpaired) electrons. The van der Waals surface area contributed by atoms with Crippen LogP contribution in [0.2, 0.25) is 0 Å².